The summed E-state index contributed by atoms with van der Waals surface area (Å²) >= 11 is 0. The van der Waals surface area contributed by atoms with Crippen LogP contribution >= 0.6 is 0 Å². The normalized spacial score (nSPS) is 15.9. The lowest BCUT2D eigenvalue weighted by Gasteiger charge is -2.42. The van der Waals surface area contributed by atoms with Crippen LogP contribution in [0, 0.1) is 0 Å². The lowest BCUT2D eigenvalue weighted by atomic mass is 9.74. The van der Waals surface area contributed by atoms with E-state index in [0.29, 0.717) is 25.8 Å². The SMILES string of the molecule is COC(=O)CCCN(C)C(=O)NC1(CC(=O)O)CCC1. The number of nitrogens with one attached hydrogen (secondary N) is 1. The van der Waals surface area contributed by atoms with E-state index in [1.54, 1.807) is 7.05 Å². The van der Waals surface area contributed by atoms with Gasteiger partial charge in [0.1, 0.15) is 0 Å². The summed E-state index contributed by atoms with van der Waals surface area (Å²) in [7, 11) is 2.95. The number of methoxy groups -OCH3 is 1. The van der Waals surface area contributed by atoms with Crippen LogP contribution in [0.3, 0.4) is 0 Å². The standard InChI is InChI=1S/C13H22N2O5/c1-15(8-3-5-11(18)20-2)12(19)14-13(6-4-7-13)9-10(16)17/h3-9H2,1-2H3,(H,14,19)(H,16,17). The summed E-state index contributed by atoms with van der Waals surface area (Å²) in [5, 5.41) is 11.7. The van der Waals surface area contributed by atoms with E-state index in [1.807, 2.05) is 0 Å². The van der Waals surface area contributed by atoms with E-state index >= 15 is 0 Å². The van der Waals surface area contributed by atoms with Crippen molar-refractivity contribution in [2.75, 3.05) is 20.7 Å². The van der Waals surface area contributed by atoms with Gasteiger partial charge in [-0.25, -0.2) is 4.79 Å². The third-order valence-electron chi connectivity index (χ3n) is 3.62. The molecule has 114 valence electrons. The van der Waals surface area contributed by atoms with Gasteiger partial charge in [-0.05, 0) is 25.7 Å². The number of carbonyl (C=O) groups is 3. The molecule has 7 heteroatoms. The van der Waals surface area contributed by atoms with E-state index in [0.717, 1.165) is 6.42 Å². The molecule has 1 saturated carbocycles. The van der Waals surface area contributed by atoms with Crippen LogP contribution in [0.5, 0.6) is 0 Å². The van der Waals surface area contributed by atoms with Gasteiger partial charge in [0.05, 0.1) is 19.1 Å². The van der Waals surface area contributed by atoms with Gasteiger partial charge >= 0.3 is 18.0 Å². The Morgan fingerprint density at radius 2 is 2.00 bits per heavy atom. The second-order valence-corrected chi connectivity index (χ2v) is 5.24. The van der Waals surface area contributed by atoms with Crippen LogP contribution in [0.4, 0.5) is 4.79 Å². The van der Waals surface area contributed by atoms with Crippen LogP contribution in [0.1, 0.15) is 38.5 Å². The fraction of sp³-hybridized carbons (Fsp3) is 0.769. The van der Waals surface area contributed by atoms with E-state index in [1.165, 1.54) is 12.0 Å². The molecule has 0 atom stereocenters. The third kappa shape index (κ3) is 4.71. The van der Waals surface area contributed by atoms with Crippen LogP contribution in [-0.4, -0.2) is 54.2 Å². The highest BCUT2D eigenvalue weighted by Gasteiger charge is 2.40. The first kappa shape index (κ1) is 16.3. The molecule has 0 spiro atoms. The average molecular weight is 286 g/mol. The van der Waals surface area contributed by atoms with Crippen LogP contribution in [0.2, 0.25) is 0 Å². The molecule has 0 aliphatic heterocycles. The van der Waals surface area contributed by atoms with E-state index in [2.05, 4.69) is 10.1 Å². The number of aliphatic carboxylic acids is 1. The monoisotopic (exact) mass is 286 g/mol. The molecule has 0 aromatic heterocycles. The molecule has 0 unspecified atom stereocenters. The second-order valence-electron chi connectivity index (χ2n) is 5.24. The summed E-state index contributed by atoms with van der Waals surface area (Å²) in [5.41, 5.74) is -0.598. The topological polar surface area (TPSA) is 95.9 Å². The van der Waals surface area contributed by atoms with Gasteiger partial charge in [-0.3, -0.25) is 9.59 Å². The number of amides is 2. The molecule has 20 heavy (non-hydrogen) atoms. The van der Waals surface area contributed by atoms with Gasteiger partial charge in [0.25, 0.3) is 0 Å². The molecule has 2 N–H and O–H groups in total. The Morgan fingerprint density at radius 1 is 1.35 bits per heavy atom. The number of rotatable bonds is 7. The molecule has 0 saturated heterocycles. The molecule has 0 radical (unpaired) electrons. The maximum atomic E-state index is 12.0. The molecule has 1 aliphatic carbocycles. The lowest BCUT2D eigenvalue weighted by molar-refractivity contribution is -0.141. The summed E-state index contributed by atoms with van der Waals surface area (Å²) in [6.07, 6.45) is 3.05. The molecule has 1 rings (SSSR count). The molecule has 1 aliphatic rings. The number of hydrogen-bond acceptors (Lipinski definition) is 4. The number of hydrogen-bond donors (Lipinski definition) is 2. The van der Waals surface area contributed by atoms with E-state index < -0.39 is 11.5 Å². The molecule has 2 amide bonds. The molecule has 7 nitrogen and oxygen atoms in total. The maximum Gasteiger partial charge on any atom is 0.317 e. The zero-order valence-corrected chi connectivity index (χ0v) is 12.0. The van der Waals surface area contributed by atoms with Crippen molar-refractivity contribution >= 4 is 18.0 Å². The van der Waals surface area contributed by atoms with Crippen LogP contribution < -0.4 is 5.32 Å². The Labute approximate surface area is 118 Å². The molecule has 0 heterocycles. The van der Waals surface area contributed by atoms with Crippen molar-refractivity contribution in [2.45, 2.75) is 44.1 Å². The number of ether oxygens (including phenoxy) is 1. The van der Waals surface area contributed by atoms with Gasteiger partial charge in [-0.15, -0.1) is 0 Å². The highest BCUT2D eigenvalue weighted by atomic mass is 16.5. The molecular weight excluding hydrogens is 264 g/mol. The number of esters is 1. The second kappa shape index (κ2) is 7.12. The van der Waals surface area contributed by atoms with Crippen molar-refractivity contribution in [1.29, 1.82) is 0 Å². The summed E-state index contributed by atoms with van der Waals surface area (Å²) in [6.45, 7) is 0.421. The van der Waals surface area contributed by atoms with E-state index in [4.69, 9.17) is 5.11 Å². The molecule has 0 aromatic carbocycles. The number of carbonyl (C=O) groups excluding carboxylic acids is 2. The van der Waals surface area contributed by atoms with Crippen molar-refractivity contribution in [2.24, 2.45) is 0 Å². The number of carboxylic acid groups (broad SMARTS) is 1. The quantitative estimate of drug-likeness (QED) is 0.680. The lowest BCUT2D eigenvalue weighted by Crippen LogP contribution is -2.57. The summed E-state index contributed by atoms with van der Waals surface area (Å²) in [5.74, 6) is -1.21. The Hall–Kier alpha value is -1.79. The highest BCUT2D eigenvalue weighted by Crippen LogP contribution is 2.35. The average Bonchev–Trinajstić information content (AvgIpc) is 2.34. The van der Waals surface area contributed by atoms with Gasteiger partial charge in [-0.2, -0.15) is 0 Å². The minimum absolute atomic E-state index is 0.0469. The van der Waals surface area contributed by atoms with Crippen LogP contribution in [0.15, 0.2) is 0 Å². The maximum absolute atomic E-state index is 12.0. The molecule has 1 fully saturated rings. The predicted octanol–water partition coefficient (Wildman–Crippen LogP) is 0.978. The molecule has 0 bridgehead atoms. The van der Waals surface area contributed by atoms with E-state index in [9.17, 15) is 14.4 Å². The minimum atomic E-state index is -0.904. The fourth-order valence-electron chi connectivity index (χ4n) is 2.23. The Morgan fingerprint density at radius 3 is 2.45 bits per heavy atom. The predicted molar refractivity (Wildman–Crippen MR) is 71.2 cm³/mol. The van der Waals surface area contributed by atoms with Crippen molar-refractivity contribution in [1.82, 2.24) is 10.2 Å². The van der Waals surface area contributed by atoms with Gasteiger partial charge in [0.15, 0.2) is 0 Å². The third-order valence-corrected chi connectivity index (χ3v) is 3.62. The van der Waals surface area contributed by atoms with Crippen molar-refractivity contribution in [3.05, 3.63) is 0 Å². The summed E-state index contributed by atoms with van der Waals surface area (Å²) in [6, 6.07) is -0.296. The Balaban J connectivity index is 2.37. The van der Waals surface area contributed by atoms with Gasteiger partial charge < -0.3 is 20.1 Å². The number of carboxylic acids is 1. The Bertz CT molecular complexity index is 379. The van der Waals surface area contributed by atoms with Crippen LogP contribution in [-0.2, 0) is 14.3 Å². The first-order valence-electron chi connectivity index (χ1n) is 6.70. The zero-order valence-electron chi connectivity index (χ0n) is 12.0. The summed E-state index contributed by atoms with van der Waals surface area (Å²) in [4.78, 5) is 35.2. The first-order valence-corrected chi connectivity index (χ1v) is 6.70. The van der Waals surface area contributed by atoms with E-state index in [-0.39, 0.29) is 24.8 Å². The van der Waals surface area contributed by atoms with Gasteiger partial charge in [0.2, 0.25) is 0 Å². The van der Waals surface area contributed by atoms with Crippen molar-refractivity contribution in [3.63, 3.8) is 0 Å². The summed E-state index contributed by atoms with van der Waals surface area (Å²) < 4.78 is 4.52. The van der Waals surface area contributed by atoms with Crippen LogP contribution in [0.25, 0.3) is 0 Å². The minimum Gasteiger partial charge on any atom is -0.481 e. The zero-order chi connectivity index (χ0) is 15.2. The first-order chi connectivity index (χ1) is 9.38. The van der Waals surface area contributed by atoms with Crippen molar-refractivity contribution in [3.8, 4) is 0 Å². The number of nitrogens with zero attached hydrogens (tertiary/aromatic N) is 1. The van der Waals surface area contributed by atoms with Crippen molar-refractivity contribution < 1.29 is 24.2 Å². The largest absolute Gasteiger partial charge is 0.481 e. The number of urea groups is 1. The highest BCUT2D eigenvalue weighted by molar-refractivity contribution is 5.77. The fourth-order valence-corrected chi connectivity index (χ4v) is 2.23. The Kier molecular flexibility index (Phi) is 5.79. The molecular formula is C13H22N2O5. The van der Waals surface area contributed by atoms with Gasteiger partial charge in [-0.1, -0.05) is 0 Å². The molecule has 0 aromatic rings. The smallest absolute Gasteiger partial charge is 0.317 e. The van der Waals surface area contributed by atoms with Gasteiger partial charge in [0, 0.05) is 20.0 Å².